The van der Waals surface area contributed by atoms with Gasteiger partial charge in [-0.15, -0.1) is 0 Å². The van der Waals surface area contributed by atoms with Gasteiger partial charge in [0.1, 0.15) is 22.4 Å². The fourth-order valence-corrected chi connectivity index (χ4v) is 3.09. The molecule has 0 aliphatic heterocycles. The third-order valence-corrected chi connectivity index (χ3v) is 4.51. The van der Waals surface area contributed by atoms with Crippen molar-refractivity contribution in [1.29, 1.82) is 0 Å². The van der Waals surface area contributed by atoms with Gasteiger partial charge in [-0.1, -0.05) is 5.16 Å². The predicted octanol–water partition coefficient (Wildman–Crippen LogP) is 3.37. The molecule has 1 N–H and O–H groups in total. The smallest absolute Gasteiger partial charge is 0.155 e. The zero-order valence-corrected chi connectivity index (χ0v) is 15.9. The summed E-state index contributed by atoms with van der Waals surface area (Å²) in [7, 11) is 4.07. The summed E-state index contributed by atoms with van der Waals surface area (Å²) in [6.45, 7) is 1.58. The van der Waals surface area contributed by atoms with Crippen molar-refractivity contribution in [1.82, 2.24) is 14.3 Å². The number of fused-ring (bicyclic) bond motifs is 2. The number of nitrogens with zero attached hydrogens (tertiary/aromatic N) is 4. The highest BCUT2D eigenvalue weighted by Gasteiger charge is 2.10. The molecular weight excluding hydrogens is 356 g/mol. The average molecular weight is 378 g/mol. The van der Waals surface area contributed by atoms with E-state index in [1.165, 1.54) is 0 Å². The van der Waals surface area contributed by atoms with Gasteiger partial charge in [0, 0.05) is 24.3 Å². The van der Waals surface area contributed by atoms with Gasteiger partial charge in [-0.3, -0.25) is 0 Å². The molecule has 3 aromatic heterocycles. The molecule has 0 saturated carbocycles. The van der Waals surface area contributed by atoms with E-state index in [9.17, 15) is 5.21 Å². The first-order valence-electron chi connectivity index (χ1n) is 9.11. The largest absolute Gasteiger partial charge is 0.494 e. The normalized spacial score (nSPS) is 12.3. The summed E-state index contributed by atoms with van der Waals surface area (Å²) < 4.78 is 13.8. The van der Waals surface area contributed by atoms with Gasteiger partial charge < -0.3 is 23.7 Å². The van der Waals surface area contributed by atoms with Crippen molar-refractivity contribution >= 4 is 16.5 Å². The van der Waals surface area contributed by atoms with Crippen LogP contribution in [0.5, 0.6) is 5.75 Å². The molecule has 4 rings (SSSR count). The molecule has 0 amide bonds. The number of hydrogen-bond donors (Lipinski definition) is 1. The van der Waals surface area contributed by atoms with Crippen LogP contribution >= 0.6 is 0 Å². The molecule has 0 saturated heterocycles. The Labute approximate surface area is 162 Å². The maximum Gasteiger partial charge on any atom is 0.155 e. The second-order valence-corrected chi connectivity index (χ2v) is 6.87. The van der Waals surface area contributed by atoms with E-state index in [1.54, 1.807) is 12.4 Å². The third-order valence-electron chi connectivity index (χ3n) is 4.51. The lowest BCUT2D eigenvalue weighted by Crippen LogP contribution is -2.15. The summed E-state index contributed by atoms with van der Waals surface area (Å²) in [6.07, 6.45) is 4.59. The van der Waals surface area contributed by atoms with Gasteiger partial charge in [-0.25, -0.2) is 4.98 Å². The second-order valence-electron chi connectivity index (χ2n) is 6.87. The Balaban J connectivity index is 1.67. The summed E-state index contributed by atoms with van der Waals surface area (Å²) in [5.74, 6) is 1.25. The summed E-state index contributed by atoms with van der Waals surface area (Å²) in [5.41, 5.74) is 2.27. The minimum atomic E-state index is 0.409. The molecule has 0 aliphatic carbocycles. The van der Waals surface area contributed by atoms with Gasteiger partial charge in [-0.2, -0.15) is 0 Å². The summed E-state index contributed by atoms with van der Waals surface area (Å²) in [5, 5.41) is 14.1. The molecule has 0 radical (unpaired) electrons. The Bertz CT molecular complexity index is 1180. The Hall–Kier alpha value is -3.32. The highest BCUT2D eigenvalue weighted by Crippen LogP contribution is 2.24. The summed E-state index contributed by atoms with van der Waals surface area (Å²) in [6, 6.07) is 13.1. The van der Waals surface area contributed by atoms with Gasteiger partial charge in [0.05, 0.1) is 18.3 Å². The molecule has 0 spiro atoms. The van der Waals surface area contributed by atoms with Gasteiger partial charge >= 0.3 is 0 Å². The van der Waals surface area contributed by atoms with Gasteiger partial charge in [0.2, 0.25) is 0 Å². The van der Waals surface area contributed by atoms with E-state index >= 15 is 0 Å². The van der Waals surface area contributed by atoms with Gasteiger partial charge in [0.25, 0.3) is 0 Å². The number of ether oxygens (including phenoxy) is 1. The maximum atomic E-state index is 9.52. The van der Waals surface area contributed by atoms with Crippen LogP contribution in [0.4, 0.5) is 0 Å². The quantitative estimate of drug-likeness (QED) is 0.316. The SMILES string of the molecule is CN(C)CCCOc1ccc2oc(-c3cc4cccn4cn3)c/c(=N/O)c2c1. The van der Waals surface area contributed by atoms with Crippen molar-refractivity contribution in [3.8, 4) is 17.2 Å². The van der Waals surface area contributed by atoms with Crippen molar-refractivity contribution in [3.63, 3.8) is 0 Å². The zero-order chi connectivity index (χ0) is 19.5. The van der Waals surface area contributed by atoms with Crippen LogP contribution in [0.2, 0.25) is 0 Å². The van der Waals surface area contributed by atoms with Crippen LogP contribution in [-0.2, 0) is 0 Å². The molecule has 144 valence electrons. The fourth-order valence-electron chi connectivity index (χ4n) is 3.09. The van der Waals surface area contributed by atoms with Crippen molar-refractivity contribution in [2.75, 3.05) is 27.2 Å². The molecule has 4 aromatic rings. The molecule has 0 aliphatic rings. The molecule has 28 heavy (non-hydrogen) atoms. The van der Waals surface area contributed by atoms with Gasteiger partial charge in [0.15, 0.2) is 5.76 Å². The minimum Gasteiger partial charge on any atom is -0.494 e. The molecule has 0 bridgehead atoms. The Morgan fingerprint density at radius 1 is 1.21 bits per heavy atom. The number of benzene rings is 1. The van der Waals surface area contributed by atoms with E-state index in [1.807, 2.05) is 61.1 Å². The Kier molecular flexibility index (Phi) is 4.99. The molecule has 7 nitrogen and oxygen atoms in total. The first-order valence-corrected chi connectivity index (χ1v) is 9.11. The van der Waals surface area contributed by atoms with Crippen molar-refractivity contribution < 1.29 is 14.4 Å². The van der Waals surface area contributed by atoms with E-state index in [-0.39, 0.29) is 0 Å². The minimum absolute atomic E-state index is 0.409. The van der Waals surface area contributed by atoms with E-state index in [0.717, 1.165) is 18.5 Å². The van der Waals surface area contributed by atoms with Crippen LogP contribution in [0.3, 0.4) is 0 Å². The standard InChI is InChI=1S/C21H22N4O3/c1-24(2)8-4-10-27-16-6-7-20-17(12-16)18(23-26)13-21(28-20)19-11-15-5-3-9-25(15)14-22-19/h3,5-7,9,11-14,26H,4,8,10H2,1-2H3/b23-18-. The lowest BCUT2D eigenvalue weighted by molar-refractivity contribution is 0.281. The number of hydrogen-bond acceptors (Lipinski definition) is 6. The molecular formula is C21H22N4O3. The molecule has 3 heterocycles. The highest BCUT2D eigenvalue weighted by molar-refractivity contribution is 5.80. The van der Waals surface area contributed by atoms with E-state index < -0.39 is 0 Å². The molecule has 0 unspecified atom stereocenters. The topological polar surface area (TPSA) is 75.5 Å². The van der Waals surface area contributed by atoms with E-state index in [2.05, 4.69) is 15.0 Å². The van der Waals surface area contributed by atoms with Crippen LogP contribution in [0.25, 0.3) is 27.9 Å². The second kappa shape index (κ2) is 7.74. The molecule has 7 heteroatoms. The summed E-state index contributed by atoms with van der Waals surface area (Å²) in [4.78, 5) is 6.55. The average Bonchev–Trinajstić information content (AvgIpc) is 3.18. The molecule has 0 fully saturated rings. The third kappa shape index (κ3) is 3.70. The first kappa shape index (κ1) is 18.1. The van der Waals surface area contributed by atoms with Crippen molar-refractivity contribution in [2.45, 2.75) is 6.42 Å². The monoisotopic (exact) mass is 378 g/mol. The number of aromatic nitrogens is 2. The van der Waals surface area contributed by atoms with Crippen molar-refractivity contribution in [2.24, 2.45) is 5.16 Å². The van der Waals surface area contributed by atoms with Crippen LogP contribution < -0.4 is 10.1 Å². The summed E-state index contributed by atoms with van der Waals surface area (Å²) >= 11 is 0. The lowest BCUT2D eigenvalue weighted by Gasteiger charge is -2.11. The molecule has 0 atom stereocenters. The van der Waals surface area contributed by atoms with E-state index in [0.29, 0.717) is 40.1 Å². The van der Waals surface area contributed by atoms with E-state index in [4.69, 9.17) is 9.15 Å². The Morgan fingerprint density at radius 3 is 2.93 bits per heavy atom. The first-order chi connectivity index (χ1) is 13.6. The van der Waals surface area contributed by atoms with Crippen molar-refractivity contribution in [3.05, 3.63) is 60.3 Å². The predicted molar refractivity (Wildman–Crippen MR) is 106 cm³/mol. The van der Waals surface area contributed by atoms with Crippen LogP contribution in [-0.4, -0.2) is 46.7 Å². The Morgan fingerprint density at radius 2 is 2.11 bits per heavy atom. The van der Waals surface area contributed by atoms with Gasteiger partial charge in [-0.05, 0) is 56.9 Å². The lowest BCUT2D eigenvalue weighted by atomic mass is 10.2. The zero-order valence-electron chi connectivity index (χ0n) is 15.9. The maximum absolute atomic E-state index is 9.52. The fraction of sp³-hybridized carbons (Fsp3) is 0.238. The van der Waals surface area contributed by atoms with Crippen LogP contribution in [0.15, 0.2) is 64.6 Å². The van der Waals surface area contributed by atoms with Crippen LogP contribution in [0, 0.1) is 0 Å². The number of rotatable bonds is 6. The van der Waals surface area contributed by atoms with Crippen LogP contribution in [0.1, 0.15) is 6.42 Å². The highest BCUT2D eigenvalue weighted by atomic mass is 16.5. The molecule has 1 aromatic carbocycles.